The Bertz CT molecular complexity index is 613. The molecule has 1 N–H and O–H groups in total. The summed E-state index contributed by atoms with van der Waals surface area (Å²) in [6.07, 6.45) is 0.942. The highest BCUT2D eigenvalue weighted by Crippen LogP contribution is 2.27. The van der Waals surface area contributed by atoms with Crippen LogP contribution in [0.15, 0.2) is 42.9 Å². The zero-order valence-corrected chi connectivity index (χ0v) is 13.4. The molecule has 0 radical (unpaired) electrons. The van der Waals surface area contributed by atoms with E-state index >= 15 is 0 Å². The van der Waals surface area contributed by atoms with Crippen molar-refractivity contribution < 1.29 is 18.3 Å². The second-order valence-corrected chi connectivity index (χ2v) is 5.56. The Morgan fingerprint density at radius 2 is 1.83 bits per heavy atom. The normalized spacial score (nSPS) is 13.2. The summed E-state index contributed by atoms with van der Waals surface area (Å²) in [6, 6.07) is 6.07. The second-order valence-electron chi connectivity index (χ2n) is 5.56. The van der Waals surface area contributed by atoms with Gasteiger partial charge in [0, 0.05) is 37.7 Å². The van der Waals surface area contributed by atoms with Crippen LogP contribution in [0.4, 0.5) is 13.2 Å². The van der Waals surface area contributed by atoms with Crippen LogP contribution in [0.1, 0.15) is 30.2 Å². The van der Waals surface area contributed by atoms with E-state index in [1.54, 1.807) is 12.4 Å². The Balaban J connectivity index is 2.15. The van der Waals surface area contributed by atoms with Gasteiger partial charge in [-0.3, -0.25) is 14.9 Å². The third-order valence-electron chi connectivity index (χ3n) is 3.81. The van der Waals surface area contributed by atoms with E-state index in [1.165, 1.54) is 12.3 Å². The second kappa shape index (κ2) is 8.21. The SMILES string of the molecule is CC[C@@H](CO)N(Cc1cccnc1)Cc1ccc(C(F)(F)F)nc1. The first-order chi connectivity index (χ1) is 11.4. The van der Waals surface area contributed by atoms with E-state index in [0.29, 0.717) is 18.7 Å². The molecule has 0 amide bonds. The van der Waals surface area contributed by atoms with Gasteiger partial charge in [0.05, 0.1) is 6.61 Å². The molecule has 2 rings (SSSR count). The lowest BCUT2D eigenvalue weighted by atomic mass is 10.1. The largest absolute Gasteiger partial charge is 0.433 e. The van der Waals surface area contributed by atoms with Gasteiger partial charge in [-0.25, -0.2) is 0 Å². The lowest BCUT2D eigenvalue weighted by molar-refractivity contribution is -0.141. The van der Waals surface area contributed by atoms with Crippen LogP contribution in [0.5, 0.6) is 0 Å². The number of pyridine rings is 2. The molecule has 130 valence electrons. The van der Waals surface area contributed by atoms with Crippen molar-refractivity contribution >= 4 is 0 Å². The number of hydrogen-bond donors (Lipinski definition) is 1. The van der Waals surface area contributed by atoms with Gasteiger partial charge < -0.3 is 5.11 Å². The number of halogens is 3. The van der Waals surface area contributed by atoms with E-state index in [0.717, 1.165) is 18.1 Å². The average molecular weight is 339 g/mol. The van der Waals surface area contributed by atoms with Gasteiger partial charge in [0.15, 0.2) is 0 Å². The lowest BCUT2D eigenvalue weighted by Gasteiger charge is -2.29. The smallest absolute Gasteiger partial charge is 0.395 e. The zero-order chi connectivity index (χ0) is 17.6. The van der Waals surface area contributed by atoms with Crippen molar-refractivity contribution in [1.29, 1.82) is 0 Å². The summed E-state index contributed by atoms with van der Waals surface area (Å²) in [4.78, 5) is 9.58. The van der Waals surface area contributed by atoms with Gasteiger partial charge in [0.1, 0.15) is 5.69 Å². The van der Waals surface area contributed by atoms with Crippen molar-refractivity contribution in [2.24, 2.45) is 0 Å². The molecule has 24 heavy (non-hydrogen) atoms. The summed E-state index contributed by atoms with van der Waals surface area (Å²) in [6.45, 7) is 2.89. The third kappa shape index (κ3) is 5.01. The fourth-order valence-corrected chi connectivity index (χ4v) is 2.46. The number of aromatic nitrogens is 2. The predicted molar refractivity (Wildman–Crippen MR) is 83.9 cm³/mol. The molecule has 0 saturated heterocycles. The molecule has 0 aliphatic heterocycles. The monoisotopic (exact) mass is 339 g/mol. The quantitative estimate of drug-likeness (QED) is 0.841. The average Bonchev–Trinajstić information content (AvgIpc) is 2.56. The van der Waals surface area contributed by atoms with Crippen molar-refractivity contribution in [2.45, 2.75) is 38.7 Å². The summed E-state index contributed by atoms with van der Waals surface area (Å²) < 4.78 is 37.8. The van der Waals surface area contributed by atoms with Gasteiger partial charge in [-0.1, -0.05) is 19.1 Å². The van der Waals surface area contributed by atoms with Gasteiger partial charge in [-0.2, -0.15) is 13.2 Å². The molecule has 0 unspecified atom stereocenters. The minimum atomic E-state index is -4.44. The van der Waals surface area contributed by atoms with Gasteiger partial charge in [-0.05, 0) is 29.7 Å². The van der Waals surface area contributed by atoms with Crippen molar-refractivity contribution in [2.75, 3.05) is 6.61 Å². The highest BCUT2D eigenvalue weighted by atomic mass is 19.4. The number of aliphatic hydroxyl groups excluding tert-OH is 1. The molecule has 0 fully saturated rings. The molecule has 4 nitrogen and oxygen atoms in total. The predicted octanol–water partition coefficient (Wildman–Crippen LogP) is 3.27. The van der Waals surface area contributed by atoms with Gasteiger partial charge >= 0.3 is 6.18 Å². The molecule has 7 heteroatoms. The fraction of sp³-hybridized carbons (Fsp3) is 0.412. The summed E-state index contributed by atoms with van der Waals surface area (Å²) in [5.74, 6) is 0. The minimum Gasteiger partial charge on any atom is -0.395 e. The first kappa shape index (κ1) is 18.4. The lowest BCUT2D eigenvalue weighted by Crippen LogP contribution is -2.36. The molecule has 0 bridgehead atoms. The van der Waals surface area contributed by atoms with Crippen LogP contribution in [0.25, 0.3) is 0 Å². The Morgan fingerprint density at radius 1 is 1.12 bits per heavy atom. The molecular formula is C17H20F3N3O. The van der Waals surface area contributed by atoms with Gasteiger partial charge in [-0.15, -0.1) is 0 Å². The van der Waals surface area contributed by atoms with E-state index in [2.05, 4.69) is 9.97 Å². The molecule has 0 aliphatic rings. The van der Waals surface area contributed by atoms with Gasteiger partial charge in [0.2, 0.25) is 0 Å². The van der Waals surface area contributed by atoms with E-state index in [9.17, 15) is 18.3 Å². The standard InChI is InChI=1S/C17H20F3N3O/c1-2-15(12-24)23(10-13-4-3-7-21-8-13)11-14-5-6-16(22-9-14)17(18,19)20/h3-9,15,24H,2,10-12H2,1H3/t15-/m0/s1. The van der Waals surface area contributed by atoms with E-state index < -0.39 is 11.9 Å². The third-order valence-corrected chi connectivity index (χ3v) is 3.81. The maximum Gasteiger partial charge on any atom is 0.433 e. The highest BCUT2D eigenvalue weighted by molar-refractivity contribution is 5.16. The van der Waals surface area contributed by atoms with Crippen LogP contribution in [0.2, 0.25) is 0 Å². The highest BCUT2D eigenvalue weighted by Gasteiger charge is 2.32. The summed E-state index contributed by atoms with van der Waals surface area (Å²) in [7, 11) is 0. The van der Waals surface area contributed by atoms with E-state index in [-0.39, 0.29) is 12.6 Å². The van der Waals surface area contributed by atoms with Crippen LogP contribution < -0.4 is 0 Å². The number of alkyl halides is 3. The minimum absolute atomic E-state index is 0.0230. The summed E-state index contributed by atoms with van der Waals surface area (Å²) in [5, 5.41) is 9.58. The van der Waals surface area contributed by atoms with Crippen LogP contribution in [0.3, 0.4) is 0 Å². The van der Waals surface area contributed by atoms with Crippen LogP contribution >= 0.6 is 0 Å². The fourth-order valence-electron chi connectivity index (χ4n) is 2.46. The van der Waals surface area contributed by atoms with Crippen molar-refractivity contribution in [3.63, 3.8) is 0 Å². The Labute approximate surface area is 139 Å². The Hall–Kier alpha value is -1.99. The molecule has 0 saturated carbocycles. The summed E-state index contributed by atoms with van der Waals surface area (Å²) >= 11 is 0. The van der Waals surface area contributed by atoms with E-state index in [1.807, 2.05) is 24.0 Å². The molecule has 2 heterocycles. The molecule has 0 aliphatic carbocycles. The molecule has 2 aromatic heterocycles. The molecule has 1 atom stereocenters. The Morgan fingerprint density at radius 3 is 2.29 bits per heavy atom. The Kier molecular flexibility index (Phi) is 6.28. The van der Waals surface area contributed by atoms with Crippen LogP contribution in [-0.2, 0) is 19.3 Å². The maximum absolute atomic E-state index is 12.6. The number of nitrogens with zero attached hydrogens (tertiary/aromatic N) is 3. The molecule has 0 aromatic carbocycles. The number of hydrogen-bond acceptors (Lipinski definition) is 4. The van der Waals surface area contributed by atoms with Crippen molar-refractivity contribution in [1.82, 2.24) is 14.9 Å². The zero-order valence-electron chi connectivity index (χ0n) is 13.4. The maximum atomic E-state index is 12.6. The topological polar surface area (TPSA) is 49.2 Å². The molecular weight excluding hydrogens is 319 g/mol. The van der Waals surface area contributed by atoms with Crippen molar-refractivity contribution in [3.05, 3.63) is 59.7 Å². The number of rotatable bonds is 7. The van der Waals surface area contributed by atoms with E-state index in [4.69, 9.17) is 0 Å². The summed E-state index contributed by atoms with van der Waals surface area (Å²) in [5.41, 5.74) is 0.738. The van der Waals surface area contributed by atoms with Crippen LogP contribution in [0, 0.1) is 0 Å². The van der Waals surface area contributed by atoms with Gasteiger partial charge in [0.25, 0.3) is 0 Å². The first-order valence-electron chi connectivity index (χ1n) is 7.70. The van der Waals surface area contributed by atoms with Crippen LogP contribution in [-0.4, -0.2) is 32.6 Å². The number of aliphatic hydroxyl groups is 1. The molecule has 0 spiro atoms. The molecule has 2 aromatic rings. The van der Waals surface area contributed by atoms with Crippen molar-refractivity contribution in [3.8, 4) is 0 Å². The first-order valence-corrected chi connectivity index (χ1v) is 7.70.